The predicted molar refractivity (Wildman–Crippen MR) is 95.8 cm³/mol. The largest absolute Gasteiger partial charge is 0.323 e. The minimum atomic E-state index is -3.62. The molecule has 26 heavy (non-hydrogen) atoms. The average Bonchev–Trinajstić information content (AvgIpc) is 2.65. The van der Waals surface area contributed by atoms with E-state index in [0.717, 1.165) is 0 Å². The number of nitrogens with zero attached hydrogens (tertiary/aromatic N) is 2. The maximum atomic E-state index is 13.7. The van der Waals surface area contributed by atoms with Gasteiger partial charge in [0.05, 0.1) is 5.69 Å². The van der Waals surface area contributed by atoms with Crippen molar-refractivity contribution in [2.75, 3.05) is 18.4 Å². The third kappa shape index (κ3) is 4.03. The number of sulfonamides is 1. The molecule has 2 aromatic rings. The Morgan fingerprint density at radius 1 is 1.27 bits per heavy atom. The molecule has 1 N–H and O–H groups in total. The highest BCUT2D eigenvalue weighted by molar-refractivity contribution is 7.89. The Morgan fingerprint density at radius 3 is 2.65 bits per heavy atom. The Bertz CT molecular complexity index is 901. The van der Waals surface area contributed by atoms with Gasteiger partial charge in [0, 0.05) is 36.4 Å². The Morgan fingerprint density at radius 2 is 2.00 bits per heavy atom. The lowest BCUT2D eigenvalue weighted by molar-refractivity contribution is -0.120. The maximum absolute atomic E-state index is 13.7. The van der Waals surface area contributed by atoms with Crippen molar-refractivity contribution in [2.45, 2.75) is 17.7 Å². The van der Waals surface area contributed by atoms with Gasteiger partial charge in [0.2, 0.25) is 15.9 Å². The molecule has 0 bridgehead atoms. The number of hydrogen-bond acceptors (Lipinski definition) is 4. The van der Waals surface area contributed by atoms with Gasteiger partial charge >= 0.3 is 0 Å². The van der Waals surface area contributed by atoms with Gasteiger partial charge in [-0.2, -0.15) is 4.31 Å². The number of anilines is 1. The molecule has 138 valence electrons. The first-order chi connectivity index (χ1) is 12.4. The molecule has 3 rings (SSSR count). The van der Waals surface area contributed by atoms with E-state index in [4.69, 9.17) is 11.6 Å². The molecule has 9 heteroatoms. The standard InChI is InChI=1S/C17H17ClFN3O3S/c18-13-3-4-15(19)16(10-13)21-17(23)12-5-8-22(9-6-12)26(24,25)14-2-1-7-20-11-14/h1-4,7,10-12H,5-6,8-9H2,(H,21,23). The van der Waals surface area contributed by atoms with Gasteiger partial charge in [-0.3, -0.25) is 9.78 Å². The van der Waals surface area contributed by atoms with Crippen LogP contribution in [0.15, 0.2) is 47.6 Å². The van der Waals surface area contributed by atoms with E-state index < -0.39 is 21.8 Å². The Balaban J connectivity index is 1.63. The van der Waals surface area contributed by atoms with E-state index in [0.29, 0.717) is 17.9 Å². The molecule has 1 fully saturated rings. The van der Waals surface area contributed by atoms with Crippen molar-refractivity contribution in [1.29, 1.82) is 0 Å². The fraction of sp³-hybridized carbons (Fsp3) is 0.294. The first-order valence-corrected chi connectivity index (χ1v) is 9.86. The van der Waals surface area contributed by atoms with E-state index >= 15 is 0 Å². The zero-order valence-corrected chi connectivity index (χ0v) is 15.3. The number of halogens is 2. The van der Waals surface area contributed by atoms with E-state index in [-0.39, 0.29) is 29.6 Å². The van der Waals surface area contributed by atoms with Crippen molar-refractivity contribution in [2.24, 2.45) is 5.92 Å². The second-order valence-corrected chi connectivity index (χ2v) is 8.35. The van der Waals surface area contributed by atoms with Crippen molar-refractivity contribution in [3.63, 3.8) is 0 Å². The summed E-state index contributed by atoms with van der Waals surface area (Å²) >= 11 is 5.82. The van der Waals surface area contributed by atoms with E-state index in [2.05, 4.69) is 10.3 Å². The summed E-state index contributed by atoms with van der Waals surface area (Å²) in [6, 6.07) is 6.97. The lowest BCUT2D eigenvalue weighted by Gasteiger charge is -2.30. The summed E-state index contributed by atoms with van der Waals surface area (Å²) in [6.07, 6.45) is 3.52. The van der Waals surface area contributed by atoms with Crippen molar-refractivity contribution in [3.8, 4) is 0 Å². The second-order valence-electron chi connectivity index (χ2n) is 5.98. The number of benzene rings is 1. The van der Waals surface area contributed by atoms with E-state index in [1.807, 2.05) is 0 Å². The van der Waals surface area contributed by atoms with Crippen LogP contribution in [0.5, 0.6) is 0 Å². The summed E-state index contributed by atoms with van der Waals surface area (Å²) in [5.41, 5.74) is 0.0212. The molecule has 0 unspecified atom stereocenters. The summed E-state index contributed by atoms with van der Waals surface area (Å²) in [6.45, 7) is 0.431. The van der Waals surface area contributed by atoms with Gasteiger partial charge in [-0.25, -0.2) is 12.8 Å². The highest BCUT2D eigenvalue weighted by atomic mass is 35.5. The van der Waals surface area contributed by atoms with Crippen LogP contribution in [0.25, 0.3) is 0 Å². The topological polar surface area (TPSA) is 79.4 Å². The third-order valence-electron chi connectivity index (χ3n) is 4.28. The molecule has 2 heterocycles. The monoisotopic (exact) mass is 397 g/mol. The van der Waals surface area contributed by atoms with Gasteiger partial charge in [-0.05, 0) is 43.2 Å². The number of piperidine rings is 1. The molecule has 0 saturated carbocycles. The van der Waals surface area contributed by atoms with Crippen molar-refractivity contribution in [1.82, 2.24) is 9.29 Å². The van der Waals surface area contributed by atoms with Crippen molar-refractivity contribution in [3.05, 3.63) is 53.6 Å². The summed E-state index contributed by atoms with van der Waals surface area (Å²) in [4.78, 5) is 16.3. The van der Waals surface area contributed by atoms with Crippen LogP contribution in [0.3, 0.4) is 0 Å². The highest BCUT2D eigenvalue weighted by Crippen LogP contribution is 2.26. The van der Waals surface area contributed by atoms with Crippen molar-refractivity contribution < 1.29 is 17.6 Å². The summed E-state index contributed by atoms with van der Waals surface area (Å²) in [5, 5.41) is 2.85. The fourth-order valence-corrected chi connectivity index (χ4v) is 4.44. The van der Waals surface area contributed by atoms with Gasteiger partial charge in [0.1, 0.15) is 10.7 Å². The van der Waals surface area contributed by atoms with Crippen LogP contribution in [0.1, 0.15) is 12.8 Å². The van der Waals surface area contributed by atoms with Crippen LogP contribution in [0.4, 0.5) is 10.1 Å². The molecule has 1 amide bonds. The number of rotatable bonds is 4. The lowest BCUT2D eigenvalue weighted by Crippen LogP contribution is -2.41. The zero-order valence-electron chi connectivity index (χ0n) is 13.7. The molecule has 0 aliphatic carbocycles. The minimum Gasteiger partial charge on any atom is -0.323 e. The molecule has 0 spiro atoms. The highest BCUT2D eigenvalue weighted by Gasteiger charge is 2.32. The van der Waals surface area contributed by atoms with E-state index in [9.17, 15) is 17.6 Å². The molecular weight excluding hydrogens is 381 g/mol. The molecule has 1 aliphatic rings. The zero-order chi connectivity index (χ0) is 18.7. The van der Waals surface area contributed by atoms with Gasteiger partial charge in [-0.15, -0.1) is 0 Å². The van der Waals surface area contributed by atoms with Crippen LogP contribution >= 0.6 is 11.6 Å². The van der Waals surface area contributed by atoms with E-state index in [1.54, 1.807) is 6.07 Å². The van der Waals surface area contributed by atoms with Crippen LogP contribution in [-0.4, -0.2) is 36.7 Å². The Labute approximate surface area is 156 Å². The normalized spacial score (nSPS) is 16.4. The van der Waals surface area contributed by atoms with Gasteiger partial charge in [-0.1, -0.05) is 11.6 Å². The van der Waals surface area contributed by atoms with E-state index in [1.165, 1.54) is 41.0 Å². The van der Waals surface area contributed by atoms with Crippen LogP contribution in [0.2, 0.25) is 5.02 Å². The maximum Gasteiger partial charge on any atom is 0.244 e. The molecule has 6 nitrogen and oxygen atoms in total. The fourth-order valence-electron chi connectivity index (χ4n) is 2.84. The minimum absolute atomic E-state index is 0.0212. The number of amides is 1. The smallest absolute Gasteiger partial charge is 0.244 e. The molecule has 1 aromatic carbocycles. The molecule has 1 saturated heterocycles. The van der Waals surface area contributed by atoms with Crippen LogP contribution in [0, 0.1) is 11.7 Å². The molecule has 1 aliphatic heterocycles. The number of pyridine rings is 1. The molecule has 0 atom stereocenters. The van der Waals surface area contributed by atoms with Crippen molar-refractivity contribution >= 4 is 33.2 Å². The molecule has 1 aromatic heterocycles. The summed E-state index contributed by atoms with van der Waals surface area (Å²) in [7, 11) is -3.62. The number of carbonyl (C=O) groups excluding carboxylic acids is 1. The summed E-state index contributed by atoms with van der Waals surface area (Å²) < 4.78 is 40.2. The first kappa shape index (κ1) is 18.8. The number of aromatic nitrogens is 1. The Kier molecular flexibility index (Phi) is 5.55. The van der Waals surface area contributed by atoms with Gasteiger partial charge in [0.25, 0.3) is 0 Å². The quantitative estimate of drug-likeness (QED) is 0.860. The third-order valence-corrected chi connectivity index (χ3v) is 6.40. The summed E-state index contributed by atoms with van der Waals surface area (Å²) in [5.74, 6) is -1.31. The van der Waals surface area contributed by atoms with Crippen LogP contribution < -0.4 is 5.32 Å². The number of hydrogen-bond donors (Lipinski definition) is 1. The number of nitrogens with one attached hydrogen (secondary N) is 1. The van der Waals surface area contributed by atoms with Crippen LogP contribution in [-0.2, 0) is 14.8 Å². The Hall–Kier alpha value is -2.03. The average molecular weight is 398 g/mol. The number of carbonyl (C=O) groups is 1. The first-order valence-electron chi connectivity index (χ1n) is 8.04. The van der Waals surface area contributed by atoms with Gasteiger partial charge < -0.3 is 5.32 Å². The molecule has 0 radical (unpaired) electrons. The lowest BCUT2D eigenvalue weighted by atomic mass is 9.97. The predicted octanol–water partition coefficient (Wildman–Crippen LogP) is 2.91. The van der Waals surface area contributed by atoms with Gasteiger partial charge in [0.15, 0.2) is 0 Å². The second kappa shape index (κ2) is 7.69. The molecular formula is C17H17ClFN3O3S. The SMILES string of the molecule is O=C(Nc1cc(Cl)ccc1F)C1CCN(S(=O)(=O)c2cccnc2)CC1.